The number of amides is 1. The molecule has 4 aromatic rings. The molecule has 5 rings (SSSR count). The number of fused-ring (bicyclic) bond motifs is 1. The third-order valence-corrected chi connectivity index (χ3v) is 7.52. The van der Waals surface area contributed by atoms with Crippen LogP contribution in [0.1, 0.15) is 57.6 Å². The number of para-hydroxylation sites is 1. The molecule has 0 aliphatic carbocycles. The van der Waals surface area contributed by atoms with Crippen molar-refractivity contribution >= 4 is 17.5 Å². The maximum atomic E-state index is 14.3. The Hall–Kier alpha value is -4.48. The number of aromatic nitrogens is 2. The van der Waals surface area contributed by atoms with Crippen molar-refractivity contribution in [3.05, 3.63) is 112 Å². The maximum absolute atomic E-state index is 14.3. The lowest BCUT2D eigenvalue weighted by molar-refractivity contribution is -0.140. The summed E-state index contributed by atoms with van der Waals surface area (Å²) in [6, 6.07) is 14.8. The number of alkyl halides is 6. The molecule has 12 heteroatoms. The van der Waals surface area contributed by atoms with E-state index in [2.05, 4.69) is 5.10 Å². The number of hydrogen-bond donors (Lipinski definition) is 0. The first-order valence-corrected chi connectivity index (χ1v) is 13.3. The van der Waals surface area contributed by atoms with Crippen molar-refractivity contribution in [3.8, 4) is 5.69 Å². The van der Waals surface area contributed by atoms with E-state index in [4.69, 9.17) is 0 Å². The number of aryl methyl sites for hydroxylation is 1. The Kier molecular flexibility index (Phi) is 7.66. The van der Waals surface area contributed by atoms with E-state index in [0.717, 1.165) is 18.2 Å². The Labute approximate surface area is 241 Å². The number of hydrogen-bond acceptors (Lipinski definition) is 3. The van der Waals surface area contributed by atoms with Gasteiger partial charge in [0, 0.05) is 30.0 Å². The summed E-state index contributed by atoms with van der Waals surface area (Å²) >= 11 is 0. The van der Waals surface area contributed by atoms with E-state index in [-0.39, 0.29) is 23.5 Å². The van der Waals surface area contributed by atoms with Crippen molar-refractivity contribution in [3.63, 3.8) is 0 Å². The minimum absolute atomic E-state index is 0.0865. The lowest BCUT2D eigenvalue weighted by atomic mass is 9.74. The minimum atomic E-state index is -5.05. The van der Waals surface area contributed by atoms with Gasteiger partial charge in [-0.15, -0.1) is 0 Å². The number of ketones is 1. The van der Waals surface area contributed by atoms with Crippen molar-refractivity contribution in [1.82, 2.24) is 9.78 Å². The summed E-state index contributed by atoms with van der Waals surface area (Å²) in [5.74, 6) is -5.19. The van der Waals surface area contributed by atoms with Gasteiger partial charge in [-0.3, -0.25) is 14.5 Å². The lowest BCUT2D eigenvalue weighted by Gasteiger charge is -2.38. The van der Waals surface area contributed by atoms with Crippen molar-refractivity contribution < 1.29 is 40.3 Å². The number of rotatable bonds is 6. The number of nitrogens with zero attached hydrogens (tertiary/aromatic N) is 3. The van der Waals surface area contributed by atoms with Crippen LogP contribution in [0, 0.1) is 18.7 Å². The predicted molar refractivity (Wildman–Crippen MR) is 143 cm³/mol. The normalized spacial score (nSPS) is 17.2. The van der Waals surface area contributed by atoms with Crippen LogP contribution >= 0.6 is 0 Å². The van der Waals surface area contributed by atoms with Gasteiger partial charge < -0.3 is 0 Å². The van der Waals surface area contributed by atoms with E-state index in [0.29, 0.717) is 35.1 Å². The minimum Gasteiger partial charge on any atom is -0.296 e. The Morgan fingerprint density at radius 3 is 2.23 bits per heavy atom. The van der Waals surface area contributed by atoms with Crippen LogP contribution in [0.15, 0.2) is 72.8 Å². The lowest BCUT2D eigenvalue weighted by Crippen LogP contribution is -2.45. The van der Waals surface area contributed by atoms with Gasteiger partial charge in [0.05, 0.1) is 28.4 Å². The molecule has 0 radical (unpaired) electrons. The van der Waals surface area contributed by atoms with Gasteiger partial charge in [-0.25, -0.2) is 9.07 Å². The molecule has 1 aliphatic rings. The van der Waals surface area contributed by atoms with Gasteiger partial charge in [0.2, 0.25) is 5.91 Å². The van der Waals surface area contributed by atoms with Crippen molar-refractivity contribution in [1.29, 1.82) is 0 Å². The molecule has 0 bridgehead atoms. The Morgan fingerprint density at radius 2 is 1.60 bits per heavy atom. The summed E-state index contributed by atoms with van der Waals surface area (Å²) in [4.78, 5) is 28.9. The first-order chi connectivity index (χ1) is 20.2. The molecule has 0 saturated heterocycles. The monoisotopic (exact) mass is 603 g/mol. The molecule has 224 valence electrons. The van der Waals surface area contributed by atoms with Crippen LogP contribution in [0.25, 0.3) is 5.69 Å². The van der Waals surface area contributed by atoms with Crippen LogP contribution in [0.4, 0.5) is 36.6 Å². The van der Waals surface area contributed by atoms with Crippen molar-refractivity contribution in [2.45, 2.75) is 38.5 Å². The topological polar surface area (TPSA) is 55.2 Å². The molecule has 0 saturated carbocycles. The zero-order valence-corrected chi connectivity index (χ0v) is 22.8. The first kappa shape index (κ1) is 30.0. The third-order valence-electron chi connectivity index (χ3n) is 7.52. The molecule has 3 aromatic carbocycles. The molecule has 1 amide bonds. The molecule has 0 N–H and O–H groups in total. The van der Waals surface area contributed by atoms with Crippen molar-refractivity contribution in [2.75, 3.05) is 11.4 Å². The highest BCUT2D eigenvalue weighted by atomic mass is 19.4. The molecule has 5 nitrogen and oxygen atoms in total. The van der Waals surface area contributed by atoms with E-state index >= 15 is 0 Å². The van der Waals surface area contributed by atoms with Crippen LogP contribution < -0.4 is 4.90 Å². The molecule has 0 spiro atoms. The van der Waals surface area contributed by atoms with E-state index in [9.17, 15) is 40.3 Å². The Balaban J connectivity index is 1.71. The number of carbonyl (C=O) groups is 2. The summed E-state index contributed by atoms with van der Waals surface area (Å²) in [6.45, 7) is 3.38. The highest BCUT2D eigenvalue weighted by Crippen LogP contribution is 2.48. The highest BCUT2D eigenvalue weighted by molar-refractivity contribution is 6.04. The fraction of sp³-hybridized carbons (Fsp3) is 0.258. The number of halogens is 7. The van der Waals surface area contributed by atoms with Gasteiger partial charge in [-0.1, -0.05) is 36.4 Å². The molecule has 0 fully saturated rings. The fourth-order valence-corrected chi connectivity index (χ4v) is 5.60. The third kappa shape index (κ3) is 5.53. The molecular formula is C31H24F7N3O2. The quantitative estimate of drug-likeness (QED) is 0.167. The Bertz CT molecular complexity index is 1690. The standard InChI is InChI=1S/C31H24F7N3O2/c1-3-40-28-26(17(2)39-41(28)21-10-5-4-6-11-21)27(19-12-13-24(32)23(15-19)31(36,37)38)22(29(40)43)16-25(42)18-8-7-9-20(14-18)30(33,34)35/h4-15,22,27H,3,16H2,1-2H3/t22-,27+/m0/s1. The average Bonchev–Trinajstić information content (AvgIpc) is 3.29. The molecule has 2 heterocycles. The van der Waals surface area contributed by atoms with Crippen LogP contribution in [0.5, 0.6) is 0 Å². The second kappa shape index (κ2) is 11.0. The summed E-state index contributed by atoms with van der Waals surface area (Å²) in [5.41, 5.74) is -1.73. The largest absolute Gasteiger partial charge is 0.419 e. The van der Waals surface area contributed by atoms with Gasteiger partial charge in [-0.05, 0) is 55.8 Å². The van der Waals surface area contributed by atoms with Gasteiger partial charge in [-0.2, -0.15) is 31.4 Å². The SMILES string of the molecule is CCN1C(=O)[C@@H](CC(=O)c2cccc(C(F)(F)F)c2)[C@@H](c2ccc(F)c(C(F)(F)F)c2)c2c(C)nn(-c3ccccc3)c21. The van der Waals surface area contributed by atoms with E-state index < -0.39 is 59.2 Å². The number of carbonyl (C=O) groups excluding carboxylic acids is 2. The second-order valence-corrected chi connectivity index (χ2v) is 10.2. The zero-order valence-electron chi connectivity index (χ0n) is 22.8. The van der Waals surface area contributed by atoms with Gasteiger partial charge in [0.25, 0.3) is 0 Å². The van der Waals surface area contributed by atoms with Gasteiger partial charge >= 0.3 is 12.4 Å². The van der Waals surface area contributed by atoms with E-state index in [1.54, 1.807) is 44.2 Å². The number of benzene rings is 3. The second-order valence-electron chi connectivity index (χ2n) is 10.2. The van der Waals surface area contributed by atoms with Crippen molar-refractivity contribution in [2.24, 2.45) is 5.92 Å². The molecule has 2 atom stereocenters. The van der Waals surface area contributed by atoms with E-state index in [1.807, 2.05) is 0 Å². The fourth-order valence-electron chi connectivity index (χ4n) is 5.60. The van der Waals surface area contributed by atoms with Gasteiger partial charge in [0.1, 0.15) is 11.6 Å². The van der Waals surface area contributed by atoms with Crippen LogP contribution in [0.3, 0.4) is 0 Å². The molecular weight excluding hydrogens is 579 g/mol. The van der Waals surface area contributed by atoms with Crippen LogP contribution in [-0.4, -0.2) is 28.0 Å². The van der Waals surface area contributed by atoms with E-state index in [1.165, 1.54) is 15.6 Å². The highest BCUT2D eigenvalue weighted by Gasteiger charge is 2.46. The predicted octanol–water partition coefficient (Wildman–Crippen LogP) is 7.75. The van der Waals surface area contributed by atoms with Crippen LogP contribution in [-0.2, 0) is 17.1 Å². The smallest absolute Gasteiger partial charge is 0.296 e. The van der Waals surface area contributed by atoms with Gasteiger partial charge in [0.15, 0.2) is 5.78 Å². The summed E-state index contributed by atoms with van der Waals surface area (Å²) < 4.78 is 97.2. The summed E-state index contributed by atoms with van der Waals surface area (Å²) in [5, 5.41) is 4.59. The van der Waals surface area contributed by atoms with Crippen LogP contribution in [0.2, 0.25) is 0 Å². The maximum Gasteiger partial charge on any atom is 0.419 e. The molecule has 43 heavy (non-hydrogen) atoms. The summed E-state index contributed by atoms with van der Waals surface area (Å²) in [7, 11) is 0. The molecule has 1 aliphatic heterocycles. The molecule has 0 unspecified atom stereocenters. The Morgan fingerprint density at radius 1 is 0.907 bits per heavy atom. The number of Topliss-reactive ketones (excluding diaryl/α,β-unsaturated/α-hetero) is 1. The summed E-state index contributed by atoms with van der Waals surface area (Å²) in [6.07, 6.45) is -10.4. The first-order valence-electron chi connectivity index (χ1n) is 13.3. The zero-order chi connectivity index (χ0) is 31.3. The average molecular weight is 604 g/mol. The molecule has 1 aromatic heterocycles. The number of anilines is 1.